The van der Waals surface area contributed by atoms with Crippen molar-refractivity contribution in [2.24, 2.45) is 0 Å². The number of ether oxygens (including phenoxy) is 4. The summed E-state index contributed by atoms with van der Waals surface area (Å²) in [6, 6.07) is 11.7. The molecule has 2 unspecified atom stereocenters. The van der Waals surface area contributed by atoms with E-state index < -0.39 is 12.2 Å². The Hall–Kier alpha value is -1.86. The molecule has 6 nitrogen and oxygen atoms in total. The van der Waals surface area contributed by atoms with E-state index in [0.717, 1.165) is 23.6 Å². The zero-order valence-electron chi connectivity index (χ0n) is 38.0. The largest absolute Gasteiger partial charge is 0.490 e. The third-order valence-electron chi connectivity index (χ3n) is 11.6. The predicted octanol–water partition coefficient (Wildman–Crippen LogP) is 14.9. The van der Waals surface area contributed by atoms with Crippen LogP contribution in [0, 0.1) is 0 Å². The first-order valence-corrected chi connectivity index (χ1v) is 24.9. The molecule has 336 valence electrons. The molecule has 2 atom stereocenters. The van der Waals surface area contributed by atoms with E-state index in [-0.39, 0.29) is 26.4 Å². The normalized spacial score (nSPS) is 12.7. The van der Waals surface area contributed by atoms with Gasteiger partial charge in [-0.05, 0) is 25.0 Å². The summed E-state index contributed by atoms with van der Waals surface area (Å²) in [5.74, 6) is 1.39. The van der Waals surface area contributed by atoms with Gasteiger partial charge in [-0.25, -0.2) is 0 Å². The molecule has 2 aromatic rings. The molecule has 0 saturated carbocycles. The second-order valence-corrected chi connectivity index (χ2v) is 17.3. The van der Waals surface area contributed by atoms with Gasteiger partial charge >= 0.3 is 0 Å². The molecule has 0 bridgehead atoms. The Morgan fingerprint density at radius 2 is 0.603 bits per heavy atom. The van der Waals surface area contributed by atoms with Crippen molar-refractivity contribution >= 4 is 10.8 Å². The molecule has 0 fully saturated rings. The lowest BCUT2D eigenvalue weighted by atomic mass is 10.0. The molecule has 2 rings (SSSR count). The Morgan fingerprint density at radius 1 is 0.345 bits per heavy atom. The van der Waals surface area contributed by atoms with Crippen LogP contribution in [0.25, 0.3) is 10.8 Å². The van der Waals surface area contributed by atoms with Gasteiger partial charge in [-0.1, -0.05) is 231 Å². The summed E-state index contributed by atoms with van der Waals surface area (Å²) >= 11 is 0. The number of aliphatic hydroxyl groups is 2. The zero-order chi connectivity index (χ0) is 41.4. The first kappa shape index (κ1) is 52.3. The lowest BCUT2D eigenvalue weighted by molar-refractivity contribution is 0.0110. The van der Waals surface area contributed by atoms with Gasteiger partial charge in [0.15, 0.2) is 0 Å². The van der Waals surface area contributed by atoms with Gasteiger partial charge in [0.1, 0.15) is 36.9 Å². The smallest absolute Gasteiger partial charge is 0.127 e. The van der Waals surface area contributed by atoms with E-state index in [2.05, 4.69) is 13.8 Å². The van der Waals surface area contributed by atoms with Crippen LogP contribution < -0.4 is 9.47 Å². The average Bonchev–Trinajstić information content (AvgIpc) is 3.24. The number of hydrogen-bond acceptors (Lipinski definition) is 6. The lowest BCUT2D eigenvalue weighted by Gasteiger charge is -2.16. The van der Waals surface area contributed by atoms with E-state index in [0.29, 0.717) is 24.7 Å². The summed E-state index contributed by atoms with van der Waals surface area (Å²) in [6.07, 6.45) is 42.0. The first-order chi connectivity index (χ1) is 28.7. The van der Waals surface area contributed by atoms with Gasteiger partial charge in [-0.2, -0.15) is 0 Å². The highest BCUT2D eigenvalue weighted by Gasteiger charge is 2.12. The third kappa shape index (κ3) is 29.4. The topological polar surface area (TPSA) is 77.4 Å². The van der Waals surface area contributed by atoms with E-state index >= 15 is 0 Å². The standard InChI is InChI=1S/C52H92O6/c1-3-5-7-9-11-13-15-17-19-21-23-25-27-29-31-33-41-55-43-47(53)45-57-51-39-35-38-50-49(51)37-36-40-52(50)58-46-48(54)44-56-42-34-32-30-28-26-24-22-20-18-16-14-12-10-8-6-4-2/h35-40,47-48,53-54H,3-34,41-46H2,1-2H3. The van der Waals surface area contributed by atoms with Gasteiger partial charge in [0.05, 0.1) is 13.2 Å². The van der Waals surface area contributed by atoms with Crippen molar-refractivity contribution < 1.29 is 29.2 Å². The lowest BCUT2D eigenvalue weighted by Crippen LogP contribution is -2.24. The van der Waals surface area contributed by atoms with E-state index in [1.54, 1.807) is 0 Å². The molecule has 2 N–H and O–H groups in total. The number of benzene rings is 2. The molecule has 0 aliphatic heterocycles. The second-order valence-electron chi connectivity index (χ2n) is 17.3. The van der Waals surface area contributed by atoms with Crippen molar-refractivity contribution in [1.82, 2.24) is 0 Å². The van der Waals surface area contributed by atoms with Crippen molar-refractivity contribution in [2.45, 2.75) is 232 Å². The number of fused-ring (bicyclic) bond motifs is 1. The van der Waals surface area contributed by atoms with Gasteiger partial charge in [0.25, 0.3) is 0 Å². The summed E-state index contributed by atoms with van der Waals surface area (Å²) in [6.45, 7) is 6.81. The highest BCUT2D eigenvalue weighted by Crippen LogP contribution is 2.32. The molecule has 2 aromatic carbocycles. The molecule has 0 heterocycles. The quantitative estimate of drug-likeness (QED) is 0.0649. The number of rotatable bonds is 44. The van der Waals surface area contributed by atoms with Crippen molar-refractivity contribution in [3.63, 3.8) is 0 Å². The minimum absolute atomic E-state index is 0.165. The zero-order valence-corrected chi connectivity index (χ0v) is 38.0. The van der Waals surface area contributed by atoms with Gasteiger partial charge in [0, 0.05) is 24.0 Å². The maximum absolute atomic E-state index is 10.5. The summed E-state index contributed by atoms with van der Waals surface area (Å²) in [4.78, 5) is 0. The van der Waals surface area contributed by atoms with Crippen molar-refractivity contribution in [1.29, 1.82) is 0 Å². The molecule has 58 heavy (non-hydrogen) atoms. The Bertz CT molecular complexity index is 1070. The maximum Gasteiger partial charge on any atom is 0.127 e. The maximum atomic E-state index is 10.5. The summed E-state index contributed by atoms with van der Waals surface area (Å²) in [5.41, 5.74) is 0. The van der Waals surface area contributed by atoms with Crippen LogP contribution in [0.3, 0.4) is 0 Å². The molecule has 0 aromatic heterocycles. The van der Waals surface area contributed by atoms with E-state index in [1.807, 2.05) is 36.4 Å². The number of unbranched alkanes of at least 4 members (excludes halogenated alkanes) is 30. The first-order valence-electron chi connectivity index (χ1n) is 24.9. The molecule has 0 saturated heterocycles. The van der Waals surface area contributed by atoms with E-state index in [1.165, 1.54) is 193 Å². The predicted molar refractivity (Wildman–Crippen MR) is 248 cm³/mol. The summed E-state index contributed by atoms with van der Waals surface area (Å²) in [5, 5.41) is 22.9. The molecular formula is C52H92O6. The molecular weight excluding hydrogens is 721 g/mol. The van der Waals surface area contributed by atoms with E-state index in [9.17, 15) is 10.2 Å². The van der Waals surface area contributed by atoms with E-state index in [4.69, 9.17) is 18.9 Å². The van der Waals surface area contributed by atoms with Gasteiger partial charge < -0.3 is 29.2 Å². The summed E-state index contributed by atoms with van der Waals surface area (Å²) < 4.78 is 23.6. The fourth-order valence-corrected chi connectivity index (χ4v) is 7.92. The van der Waals surface area contributed by atoms with Gasteiger partial charge in [-0.3, -0.25) is 0 Å². The van der Waals surface area contributed by atoms with Crippen LogP contribution in [0.5, 0.6) is 11.5 Å². The highest BCUT2D eigenvalue weighted by molar-refractivity contribution is 5.93. The van der Waals surface area contributed by atoms with Crippen molar-refractivity contribution in [2.75, 3.05) is 39.6 Å². The summed E-state index contributed by atoms with van der Waals surface area (Å²) in [7, 11) is 0. The fraction of sp³-hybridized carbons (Fsp3) is 0.808. The average molecular weight is 813 g/mol. The van der Waals surface area contributed by atoms with Crippen LogP contribution >= 0.6 is 0 Å². The van der Waals surface area contributed by atoms with Crippen LogP contribution in [0.4, 0.5) is 0 Å². The molecule has 0 aliphatic rings. The minimum atomic E-state index is -0.690. The van der Waals surface area contributed by atoms with Crippen LogP contribution in [0.1, 0.15) is 219 Å². The van der Waals surface area contributed by atoms with Gasteiger partial charge in [-0.15, -0.1) is 0 Å². The van der Waals surface area contributed by atoms with Crippen LogP contribution in [0.15, 0.2) is 36.4 Å². The minimum Gasteiger partial charge on any atom is -0.490 e. The Kier molecular flexibility index (Phi) is 35.4. The van der Waals surface area contributed by atoms with Crippen molar-refractivity contribution in [3.8, 4) is 11.5 Å². The van der Waals surface area contributed by atoms with Crippen LogP contribution in [0.2, 0.25) is 0 Å². The fourth-order valence-electron chi connectivity index (χ4n) is 7.92. The second kappa shape index (κ2) is 39.3. The molecule has 0 spiro atoms. The number of aliphatic hydroxyl groups excluding tert-OH is 2. The molecule has 0 aliphatic carbocycles. The molecule has 0 radical (unpaired) electrons. The Balaban J connectivity index is 1.44. The molecule has 0 amide bonds. The molecule has 6 heteroatoms. The highest BCUT2D eigenvalue weighted by atomic mass is 16.5. The van der Waals surface area contributed by atoms with Crippen LogP contribution in [-0.4, -0.2) is 62.1 Å². The Labute approximate surface area is 357 Å². The Morgan fingerprint density at radius 3 is 0.879 bits per heavy atom. The number of hydrogen-bond donors (Lipinski definition) is 2. The monoisotopic (exact) mass is 813 g/mol. The van der Waals surface area contributed by atoms with Gasteiger partial charge in [0.2, 0.25) is 0 Å². The third-order valence-corrected chi connectivity index (χ3v) is 11.6. The van der Waals surface area contributed by atoms with Crippen LogP contribution in [-0.2, 0) is 9.47 Å². The van der Waals surface area contributed by atoms with Crippen molar-refractivity contribution in [3.05, 3.63) is 36.4 Å². The SMILES string of the molecule is CCCCCCCCCCCCCCCCCCOCC(O)COc1cccc2c(OCC(O)COCCCCCCCCCCCCCCCCCC)cccc12.